The Morgan fingerprint density at radius 1 is 1.12 bits per heavy atom. The largest absolute Gasteiger partial charge is 0.493 e. The second-order valence-electron chi connectivity index (χ2n) is 11.8. The standard InChI is InChI=1S/C32H26F3N5O7S/c1-32(9-11-46-26-16(4-3-5-18(26)32)25(41)24-30(42)40-31(43)39-24)20-13-37-29(38-20)17-12-14(6-7-19(17)33)47-27-22(35)21(34)23-15(8-10-36-23)28(27)48(2,44)45/h3-8,10,12-13,24-25,36,41H,9,11H2,1-2H3,(H,37,38)(H2,39,40,42,43). The van der Waals surface area contributed by atoms with Crippen molar-refractivity contribution in [3.8, 4) is 28.6 Å². The van der Waals surface area contributed by atoms with E-state index in [0.29, 0.717) is 23.4 Å². The lowest BCUT2D eigenvalue weighted by atomic mass is 9.74. The fourth-order valence-corrected chi connectivity index (χ4v) is 7.26. The Bertz CT molecular complexity index is 2270. The van der Waals surface area contributed by atoms with Gasteiger partial charge in [0.25, 0.3) is 5.91 Å². The van der Waals surface area contributed by atoms with Crippen LogP contribution in [0.25, 0.3) is 22.3 Å². The first-order valence-corrected chi connectivity index (χ1v) is 16.4. The molecule has 16 heteroatoms. The molecule has 2 aliphatic heterocycles. The molecule has 3 atom stereocenters. The maximum Gasteiger partial charge on any atom is 0.322 e. The lowest BCUT2D eigenvalue weighted by Gasteiger charge is -2.36. The number of halogens is 3. The van der Waals surface area contributed by atoms with Crippen LogP contribution in [-0.4, -0.2) is 59.3 Å². The van der Waals surface area contributed by atoms with Crippen LogP contribution in [0.1, 0.15) is 36.3 Å². The quantitative estimate of drug-likeness (QED) is 0.123. The summed E-state index contributed by atoms with van der Waals surface area (Å²) in [6.45, 7) is 2.10. The summed E-state index contributed by atoms with van der Waals surface area (Å²) in [5, 5.41) is 15.4. The van der Waals surface area contributed by atoms with Crippen molar-refractivity contribution in [2.24, 2.45) is 0 Å². The molecule has 4 heterocycles. The fraction of sp³-hybridized carbons (Fsp3) is 0.219. The average Bonchev–Trinajstić information content (AvgIpc) is 3.80. The summed E-state index contributed by atoms with van der Waals surface area (Å²) in [6, 6.07) is 7.72. The molecule has 7 rings (SSSR count). The van der Waals surface area contributed by atoms with E-state index in [1.807, 2.05) is 6.92 Å². The van der Waals surface area contributed by atoms with Crippen molar-refractivity contribution in [3.63, 3.8) is 0 Å². The van der Waals surface area contributed by atoms with Gasteiger partial charge in [-0.25, -0.2) is 27.0 Å². The summed E-state index contributed by atoms with van der Waals surface area (Å²) in [6.07, 6.45) is 2.63. The zero-order chi connectivity index (χ0) is 34.1. The van der Waals surface area contributed by atoms with E-state index < -0.39 is 67.4 Å². The number of para-hydroxylation sites is 1. The molecular formula is C32H26F3N5O7S. The molecule has 0 aliphatic carbocycles. The summed E-state index contributed by atoms with van der Waals surface area (Å²) in [4.78, 5) is 33.3. The molecular weight excluding hydrogens is 655 g/mol. The number of benzene rings is 3. The summed E-state index contributed by atoms with van der Waals surface area (Å²) >= 11 is 0. The first-order valence-electron chi connectivity index (χ1n) is 14.5. The Hall–Kier alpha value is -5.35. The number of aliphatic hydroxyl groups excluding tert-OH is 1. The van der Waals surface area contributed by atoms with E-state index >= 15 is 8.78 Å². The number of hydrogen-bond donors (Lipinski definition) is 5. The Labute approximate surface area is 270 Å². The first kappa shape index (κ1) is 31.3. The molecule has 248 valence electrons. The third kappa shape index (κ3) is 4.95. The number of aromatic amines is 2. The minimum Gasteiger partial charge on any atom is -0.493 e. The molecule has 5 aromatic rings. The van der Waals surface area contributed by atoms with Crippen LogP contribution < -0.4 is 20.1 Å². The highest BCUT2D eigenvalue weighted by atomic mass is 32.2. The number of carbonyl (C=O) groups excluding carboxylic acids is 2. The van der Waals surface area contributed by atoms with E-state index in [0.717, 1.165) is 18.4 Å². The van der Waals surface area contributed by atoms with Gasteiger partial charge >= 0.3 is 6.03 Å². The number of fused-ring (bicyclic) bond motifs is 2. The summed E-state index contributed by atoms with van der Waals surface area (Å²) in [7, 11) is -4.13. The third-order valence-electron chi connectivity index (χ3n) is 8.69. The average molecular weight is 682 g/mol. The Morgan fingerprint density at radius 2 is 1.92 bits per heavy atom. The van der Waals surface area contributed by atoms with E-state index in [2.05, 4.69) is 25.6 Å². The minimum atomic E-state index is -4.13. The van der Waals surface area contributed by atoms with Crippen molar-refractivity contribution in [2.75, 3.05) is 12.9 Å². The molecule has 0 radical (unpaired) electrons. The number of H-pyrrole nitrogens is 2. The molecule has 1 saturated heterocycles. The SMILES string of the molecule is CC1(c2cnc(-c3cc(Oc4c(F)c(F)c5[nH]ccc5c4S(C)(=O)=O)ccc3F)[nH]2)CCOc2c(C(O)C3NC(=O)NC3=O)cccc21. The predicted octanol–water partition coefficient (Wildman–Crippen LogP) is 4.50. The highest BCUT2D eigenvalue weighted by molar-refractivity contribution is 7.91. The highest BCUT2D eigenvalue weighted by Crippen LogP contribution is 2.47. The van der Waals surface area contributed by atoms with Crippen molar-refractivity contribution in [1.82, 2.24) is 25.6 Å². The molecule has 1 fully saturated rings. The van der Waals surface area contributed by atoms with Gasteiger partial charge in [0.15, 0.2) is 21.4 Å². The van der Waals surface area contributed by atoms with Gasteiger partial charge in [-0.1, -0.05) is 18.2 Å². The molecule has 2 aliphatic rings. The van der Waals surface area contributed by atoms with Crippen LogP contribution in [0, 0.1) is 17.5 Å². The second-order valence-corrected chi connectivity index (χ2v) is 13.7. The number of aromatic nitrogens is 3. The van der Waals surface area contributed by atoms with Crippen LogP contribution in [-0.2, 0) is 20.0 Å². The molecule has 2 aromatic heterocycles. The number of rotatable bonds is 7. The van der Waals surface area contributed by atoms with Gasteiger partial charge in [0.2, 0.25) is 5.82 Å². The number of hydrogen-bond acceptors (Lipinski definition) is 8. The smallest absolute Gasteiger partial charge is 0.322 e. The van der Waals surface area contributed by atoms with Crippen molar-refractivity contribution in [3.05, 3.63) is 89.1 Å². The Morgan fingerprint density at radius 3 is 2.65 bits per heavy atom. The Kier molecular flexibility index (Phi) is 7.25. The van der Waals surface area contributed by atoms with Crippen LogP contribution in [0.2, 0.25) is 0 Å². The molecule has 0 bridgehead atoms. The van der Waals surface area contributed by atoms with Crippen LogP contribution >= 0.6 is 0 Å². The molecule has 3 unspecified atom stereocenters. The number of amides is 3. The van der Waals surface area contributed by atoms with Gasteiger partial charge in [-0.05, 0) is 37.6 Å². The van der Waals surface area contributed by atoms with Gasteiger partial charge in [0.05, 0.1) is 17.7 Å². The molecule has 3 aromatic carbocycles. The van der Waals surface area contributed by atoms with Gasteiger partial charge in [0.1, 0.15) is 40.2 Å². The number of imidazole rings is 1. The molecule has 3 amide bonds. The van der Waals surface area contributed by atoms with Gasteiger partial charge in [-0.2, -0.15) is 4.39 Å². The third-order valence-corrected chi connectivity index (χ3v) is 9.84. The van der Waals surface area contributed by atoms with Gasteiger partial charge in [-0.15, -0.1) is 0 Å². The molecule has 0 spiro atoms. The summed E-state index contributed by atoms with van der Waals surface area (Å²) in [5.41, 5.74) is 0.198. The van der Waals surface area contributed by atoms with Crippen LogP contribution in [0.3, 0.4) is 0 Å². The molecule has 48 heavy (non-hydrogen) atoms. The number of sulfone groups is 1. The lowest BCUT2D eigenvalue weighted by molar-refractivity contribution is -0.122. The number of nitrogens with one attached hydrogen (secondary N) is 4. The van der Waals surface area contributed by atoms with Crippen molar-refractivity contribution in [2.45, 2.75) is 35.8 Å². The monoisotopic (exact) mass is 681 g/mol. The van der Waals surface area contributed by atoms with Gasteiger partial charge in [0, 0.05) is 46.3 Å². The van der Waals surface area contributed by atoms with Gasteiger partial charge in [-0.3, -0.25) is 10.1 Å². The van der Waals surface area contributed by atoms with Crippen molar-refractivity contribution < 1.29 is 45.8 Å². The summed E-state index contributed by atoms with van der Waals surface area (Å²) < 4.78 is 82.2. The topological polar surface area (TPSA) is 176 Å². The second kappa shape index (κ2) is 11.1. The highest BCUT2D eigenvalue weighted by Gasteiger charge is 2.42. The van der Waals surface area contributed by atoms with Crippen molar-refractivity contribution >= 4 is 32.7 Å². The number of nitrogens with zero attached hydrogens (tertiary/aromatic N) is 1. The number of carbonyl (C=O) groups is 2. The molecule has 12 nitrogen and oxygen atoms in total. The predicted molar refractivity (Wildman–Crippen MR) is 164 cm³/mol. The van der Waals surface area contributed by atoms with E-state index in [4.69, 9.17) is 9.47 Å². The molecule has 0 saturated carbocycles. The number of imide groups is 1. The lowest BCUT2D eigenvalue weighted by Crippen LogP contribution is -2.37. The van der Waals surface area contributed by atoms with Gasteiger partial charge < -0.3 is 29.9 Å². The van der Waals surface area contributed by atoms with E-state index in [1.165, 1.54) is 24.5 Å². The zero-order valence-corrected chi connectivity index (χ0v) is 26.0. The van der Waals surface area contributed by atoms with Crippen LogP contribution in [0.15, 0.2) is 59.8 Å². The zero-order valence-electron chi connectivity index (χ0n) is 25.2. The number of ether oxygens (including phenoxy) is 2. The maximum absolute atomic E-state index is 15.2. The first-order chi connectivity index (χ1) is 22.8. The number of urea groups is 1. The summed E-state index contributed by atoms with van der Waals surface area (Å²) in [5.74, 6) is -4.99. The van der Waals surface area contributed by atoms with E-state index in [9.17, 15) is 27.5 Å². The van der Waals surface area contributed by atoms with Crippen LogP contribution in [0.5, 0.6) is 17.2 Å². The Balaban J connectivity index is 1.24. The minimum absolute atomic E-state index is 0.0554. The molecule has 5 N–H and O–H groups in total. The number of aliphatic hydroxyl groups is 1. The van der Waals surface area contributed by atoms with Crippen LogP contribution in [0.4, 0.5) is 18.0 Å². The fourth-order valence-electron chi connectivity index (χ4n) is 6.23. The normalized spacial score (nSPS) is 19.8. The van der Waals surface area contributed by atoms with Crippen molar-refractivity contribution in [1.29, 1.82) is 0 Å². The maximum atomic E-state index is 15.2. The van der Waals surface area contributed by atoms with E-state index in [1.54, 1.807) is 18.2 Å². The van der Waals surface area contributed by atoms with E-state index in [-0.39, 0.29) is 40.2 Å².